The van der Waals surface area contributed by atoms with Crippen molar-refractivity contribution in [3.8, 4) is 0 Å². The Hall–Kier alpha value is -2.10. The molecule has 4 saturated carbocycles. The summed E-state index contributed by atoms with van der Waals surface area (Å²) in [5.41, 5.74) is -0.177. The largest absolute Gasteiger partial charge is 0.481 e. The summed E-state index contributed by atoms with van der Waals surface area (Å²) in [7, 11) is 8.32. The van der Waals surface area contributed by atoms with Gasteiger partial charge < -0.3 is 19.6 Å². The van der Waals surface area contributed by atoms with Crippen LogP contribution in [-0.4, -0.2) is 110 Å². The van der Waals surface area contributed by atoms with Crippen molar-refractivity contribution in [1.29, 1.82) is 0 Å². The Labute approximate surface area is 333 Å². The van der Waals surface area contributed by atoms with Crippen LogP contribution in [0, 0.1) is 55.7 Å². The molecule has 5 aliphatic rings. The molecule has 0 spiro atoms. The molecule has 312 valence electrons. The number of allylic oxidation sites excluding steroid dienone is 2. The minimum atomic E-state index is -1.18. The molecule has 0 saturated heterocycles. The lowest BCUT2D eigenvalue weighted by molar-refractivity contribution is -0.270. The second-order valence-corrected chi connectivity index (χ2v) is 21.8. The standard InChI is InChI=1S/C46H77N3O6/c1-30(2)37-32(50)27-46(34(51)29-49(25-23-47(11)12)26-24-48(13)14)22-20-42(7)31(38(37)46)15-16-33-43(42,8)19-21-45(10)41(5,6)35(17-18-44(33,45)9)55-36(52)28-40(3,4)39(53)54/h30-31,33,35H,15-29H2,1-14H3,(H,53,54). The first kappa shape index (κ1) is 44.0. The van der Waals surface area contributed by atoms with Gasteiger partial charge in [0.2, 0.25) is 0 Å². The third-order valence-electron chi connectivity index (χ3n) is 17.5. The predicted molar refractivity (Wildman–Crippen MR) is 219 cm³/mol. The lowest BCUT2D eigenvalue weighted by Gasteiger charge is -2.75. The molecular formula is C46H77N3O6. The molecule has 0 aliphatic heterocycles. The topological polar surface area (TPSA) is 107 Å². The fraction of sp³-hybridized carbons (Fsp3) is 0.870. The van der Waals surface area contributed by atoms with Crippen molar-refractivity contribution in [2.75, 3.05) is 60.9 Å². The number of fused-ring (bicyclic) bond motifs is 7. The van der Waals surface area contributed by atoms with E-state index in [-0.39, 0.29) is 63.0 Å². The van der Waals surface area contributed by atoms with Crippen LogP contribution >= 0.6 is 0 Å². The number of esters is 1. The average molecular weight is 768 g/mol. The molecule has 8 unspecified atom stereocenters. The van der Waals surface area contributed by atoms with Crippen LogP contribution in [0.3, 0.4) is 0 Å². The molecule has 55 heavy (non-hydrogen) atoms. The zero-order valence-corrected chi connectivity index (χ0v) is 37.2. The number of carbonyl (C=O) groups excluding carboxylic acids is 3. The Morgan fingerprint density at radius 1 is 0.800 bits per heavy atom. The molecule has 0 bridgehead atoms. The lowest BCUT2D eigenvalue weighted by Crippen LogP contribution is -2.69. The van der Waals surface area contributed by atoms with E-state index in [1.807, 2.05) is 0 Å². The number of nitrogens with zero attached hydrogens (tertiary/aromatic N) is 3. The fourth-order valence-electron chi connectivity index (χ4n) is 13.3. The summed E-state index contributed by atoms with van der Waals surface area (Å²) in [6.45, 7) is 25.9. The van der Waals surface area contributed by atoms with Crippen LogP contribution in [0.2, 0.25) is 0 Å². The Kier molecular flexibility index (Phi) is 11.9. The van der Waals surface area contributed by atoms with Crippen LogP contribution in [0.25, 0.3) is 0 Å². The number of likely N-dealkylation sites (N-methyl/N-ethyl adjacent to an activating group) is 2. The number of Topliss-reactive ketones (excluding diaryl/α,β-unsaturated/α-hetero) is 2. The summed E-state index contributed by atoms with van der Waals surface area (Å²) >= 11 is 0. The van der Waals surface area contributed by atoms with E-state index in [2.05, 4.69) is 98.3 Å². The van der Waals surface area contributed by atoms with Gasteiger partial charge in [-0.25, -0.2) is 0 Å². The van der Waals surface area contributed by atoms with Gasteiger partial charge in [-0.15, -0.1) is 0 Å². The maximum absolute atomic E-state index is 15.0. The second kappa shape index (κ2) is 14.9. The summed E-state index contributed by atoms with van der Waals surface area (Å²) in [5, 5.41) is 9.67. The Balaban J connectivity index is 1.47. The number of carboxylic acid groups (broad SMARTS) is 1. The SMILES string of the molecule is CC(C)C1=C2C3CCC4C(C)(CCC5(C)C(C)(C)C(OC(=O)CC(C)(C)C(=O)O)CCC45C)C3(C)CCC2(C(=O)CN(CCN(C)C)CCN(C)C)CC1=O. The number of carbonyl (C=O) groups is 4. The van der Waals surface area contributed by atoms with Gasteiger partial charge in [-0.2, -0.15) is 0 Å². The summed E-state index contributed by atoms with van der Waals surface area (Å²) < 4.78 is 6.24. The number of carboxylic acids is 1. The highest BCUT2D eigenvalue weighted by Gasteiger charge is 2.73. The minimum absolute atomic E-state index is 0.00860. The van der Waals surface area contributed by atoms with E-state index in [1.165, 1.54) is 5.57 Å². The summed E-state index contributed by atoms with van der Waals surface area (Å²) in [6, 6.07) is 0. The van der Waals surface area contributed by atoms with Crippen LogP contribution in [-0.2, 0) is 23.9 Å². The van der Waals surface area contributed by atoms with Gasteiger partial charge in [0.25, 0.3) is 0 Å². The van der Waals surface area contributed by atoms with Crippen molar-refractivity contribution in [3.63, 3.8) is 0 Å². The zero-order chi connectivity index (χ0) is 41.3. The maximum atomic E-state index is 15.0. The van der Waals surface area contributed by atoms with E-state index in [1.54, 1.807) is 13.8 Å². The van der Waals surface area contributed by atoms with Crippen molar-refractivity contribution >= 4 is 23.5 Å². The van der Waals surface area contributed by atoms with Crippen LogP contribution in [0.15, 0.2) is 11.1 Å². The van der Waals surface area contributed by atoms with Crippen molar-refractivity contribution < 1.29 is 29.0 Å². The monoisotopic (exact) mass is 768 g/mol. The molecule has 9 nitrogen and oxygen atoms in total. The maximum Gasteiger partial charge on any atom is 0.309 e. The molecular weight excluding hydrogens is 691 g/mol. The fourth-order valence-corrected chi connectivity index (χ4v) is 13.3. The molecule has 1 N–H and O–H groups in total. The number of hydrogen-bond donors (Lipinski definition) is 1. The molecule has 5 rings (SSSR count). The van der Waals surface area contributed by atoms with E-state index in [4.69, 9.17) is 4.74 Å². The normalized spacial score (nSPS) is 37.2. The predicted octanol–water partition coefficient (Wildman–Crippen LogP) is 7.76. The van der Waals surface area contributed by atoms with Crippen LogP contribution in [0.5, 0.6) is 0 Å². The summed E-state index contributed by atoms with van der Waals surface area (Å²) in [4.78, 5) is 60.9. The van der Waals surface area contributed by atoms with Crippen LogP contribution in [0.1, 0.15) is 133 Å². The second-order valence-electron chi connectivity index (χ2n) is 21.8. The van der Waals surface area contributed by atoms with Crippen LogP contribution < -0.4 is 0 Å². The first-order valence-electron chi connectivity index (χ1n) is 21.5. The molecule has 0 aromatic rings. The lowest BCUT2D eigenvalue weighted by atomic mass is 9.29. The van der Waals surface area contributed by atoms with Gasteiger partial charge in [0.1, 0.15) is 6.10 Å². The molecule has 8 atom stereocenters. The van der Waals surface area contributed by atoms with Gasteiger partial charge in [0, 0.05) is 38.0 Å². The first-order valence-corrected chi connectivity index (χ1v) is 21.5. The van der Waals surface area contributed by atoms with Crippen LogP contribution in [0.4, 0.5) is 0 Å². The van der Waals surface area contributed by atoms with Crippen molar-refractivity contribution in [2.24, 2.45) is 55.7 Å². The number of ether oxygens (including phenoxy) is 1. The molecule has 4 fully saturated rings. The third kappa shape index (κ3) is 7.00. The number of hydrogen-bond acceptors (Lipinski definition) is 8. The highest BCUT2D eigenvalue weighted by molar-refractivity contribution is 6.07. The van der Waals surface area contributed by atoms with Crippen molar-refractivity contribution in [1.82, 2.24) is 14.7 Å². The smallest absolute Gasteiger partial charge is 0.309 e. The van der Waals surface area contributed by atoms with E-state index in [0.717, 1.165) is 83.1 Å². The number of rotatable bonds is 14. The Bertz CT molecular complexity index is 1550. The first-order chi connectivity index (χ1) is 25.2. The third-order valence-corrected chi connectivity index (χ3v) is 17.5. The minimum Gasteiger partial charge on any atom is -0.481 e. The number of ketones is 2. The molecule has 0 aromatic carbocycles. The Morgan fingerprint density at radius 3 is 1.93 bits per heavy atom. The summed E-state index contributed by atoms with van der Waals surface area (Å²) in [6.07, 6.45) is 7.43. The van der Waals surface area contributed by atoms with Gasteiger partial charge in [0.15, 0.2) is 11.6 Å². The molecule has 0 aromatic heterocycles. The van der Waals surface area contributed by atoms with Gasteiger partial charge in [-0.3, -0.25) is 24.1 Å². The van der Waals surface area contributed by atoms with Gasteiger partial charge in [0.05, 0.1) is 23.8 Å². The quantitative estimate of drug-likeness (QED) is 0.178. The van der Waals surface area contributed by atoms with E-state index < -0.39 is 22.8 Å². The summed E-state index contributed by atoms with van der Waals surface area (Å²) in [5.74, 6) is -0.246. The molecule has 0 heterocycles. The Morgan fingerprint density at radius 2 is 1.38 bits per heavy atom. The molecule has 0 radical (unpaired) electrons. The zero-order valence-electron chi connectivity index (χ0n) is 37.2. The van der Waals surface area contributed by atoms with Crippen molar-refractivity contribution in [2.45, 2.75) is 140 Å². The van der Waals surface area contributed by atoms with Gasteiger partial charge >= 0.3 is 11.9 Å². The highest BCUT2D eigenvalue weighted by Crippen LogP contribution is 2.79. The van der Waals surface area contributed by atoms with Crippen molar-refractivity contribution in [3.05, 3.63) is 11.1 Å². The molecule has 0 amide bonds. The van der Waals surface area contributed by atoms with E-state index >= 15 is 4.79 Å². The van der Waals surface area contributed by atoms with E-state index in [9.17, 15) is 19.5 Å². The number of aliphatic carboxylic acids is 1. The van der Waals surface area contributed by atoms with Gasteiger partial charge in [-0.1, -0.05) is 55.4 Å². The van der Waals surface area contributed by atoms with E-state index in [0.29, 0.717) is 18.9 Å². The van der Waals surface area contributed by atoms with Gasteiger partial charge in [-0.05, 0) is 144 Å². The highest BCUT2D eigenvalue weighted by atomic mass is 16.5. The molecule has 5 aliphatic carbocycles. The molecule has 9 heteroatoms. The average Bonchev–Trinajstić information content (AvgIpc) is 3.38.